The number of Topliss-reactive ketones (excluding diaryl/α,β-unsaturated/α-hetero) is 1. The normalized spacial score (nSPS) is 10.8. The van der Waals surface area contributed by atoms with Crippen LogP contribution in [0.25, 0.3) is 16.6 Å². The number of aromatic nitrogens is 2. The topological polar surface area (TPSA) is 66.9 Å². The number of carbonyl (C=O) groups is 2. The van der Waals surface area contributed by atoms with Crippen LogP contribution >= 0.6 is 0 Å². The van der Waals surface area contributed by atoms with Crippen molar-refractivity contribution in [3.05, 3.63) is 84.6 Å². The average molecular weight is 347 g/mol. The first-order chi connectivity index (χ1) is 12.6. The minimum absolute atomic E-state index is 0.210. The molecule has 26 heavy (non-hydrogen) atoms. The second kappa shape index (κ2) is 6.33. The number of benzene rings is 2. The van der Waals surface area contributed by atoms with Gasteiger partial charge in [-0.2, -0.15) is 0 Å². The number of hydrogen-bond donors (Lipinski definition) is 2. The summed E-state index contributed by atoms with van der Waals surface area (Å²) in [5.41, 5.74) is 2.14. The van der Waals surface area contributed by atoms with Crippen LogP contribution in [0.4, 0.5) is 10.1 Å². The van der Waals surface area contributed by atoms with E-state index in [9.17, 15) is 14.0 Å². The molecule has 6 heteroatoms. The maximum atomic E-state index is 13.2. The van der Waals surface area contributed by atoms with Crippen molar-refractivity contribution >= 4 is 28.3 Å². The van der Waals surface area contributed by atoms with Crippen LogP contribution in [0.1, 0.15) is 10.4 Å². The summed E-state index contributed by atoms with van der Waals surface area (Å²) in [5, 5.41) is 3.10. The number of carbonyl (C=O) groups excluding carboxylic acids is 2. The fraction of sp³-hybridized carbons (Fsp3) is 0. The number of ketones is 1. The number of anilines is 1. The number of nitrogens with one attached hydrogen (secondary N) is 2. The molecule has 0 unspecified atom stereocenters. The van der Waals surface area contributed by atoms with Crippen LogP contribution in [-0.2, 0) is 4.79 Å². The first-order valence-corrected chi connectivity index (χ1v) is 7.97. The lowest BCUT2D eigenvalue weighted by Gasteiger charge is -2.07. The zero-order valence-corrected chi connectivity index (χ0v) is 13.6. The molecule has 0 saturated carbocycles. The van der Waals surface area contributed by atoms with Crippen LogP contribution in [-0.4, -0.2) is 21.2 Å². The largest absolute Gasteiger partial charge is 0.360 e. The lowest BCUT2D eigenvalue weighted by atomic mass is 10.1. The van der Waals surface area contributed by atoms with Gasteiger partial charge < -0.3 is 14.9 Å². The molecule has 128 valence electrons. The van der Waals surface area contributed by atoms with Crippen LogP contribution < -0.4 is 5.32 Å². The van der Waals surface area contributed by atoms with Crippen molar-refractivity contribution in [2.75, 3.05) is 5.32 Å². The van der Waals surface area contributed by atoms with Crippen molar-refractivity contribution in [3.8, 4) is 5.69 Å². The molecule has 0 radical (unpaired) electrons. The van der Waals surface area contributed by atoms with Gasteiger partial charge in [-0.05, 0) is 54.6 Å². The summed E-state index contributed by atoms with van der Waals surface area (Å²) in [5.74, 6) is -1.84. The molecular weight excluding hydrogens is 333 g/mol. The molecule has 2 N–H and O–H groups in total. The molecule has 0 aliphatic carbocycles. The Labute approximate surface area is 148 Å². The van der Waals surface area contributed by atoms with Gasteiger partial charge in [-0.15, -0.1) is 0 Å². The van der Waals surface area contributed by atoms with Crippen LogP contribution in [0.15, 0.2) is 73.2 Å². The molecule has 0 spiro atoms. The summed E-state index contributed by atoms with van der Waals surface area (Å²) >= 11 is 0. The Morgan fingerprint density at radius 3 is 2.46 bits per heavy atom. The highest BCUT2D eigenvalue weighted by Crippen LogP contribution is 2.20. The molecule has 4 rings (SSSR count). The van der Waals surface area contributed by atoms with Crippen LogP contribution in [0.2, 0.25) is 0 Å². The van der Waals surface area contributed by atoms with Crippen molar-refractivity contribution in [2.24, 2.45) is 0 Å². The average Bonchev–Trinajstić information content (AvgIpc) is 3.31. The molecule has 0 fully saturated rings. The third kappa shape index (κ3) is 2.88. The Hall–Kier alpha value is -3.67. The van der Waals surface area contributed by atoms with Gasteiger partial charge in [0.2, 0.25) is 0 Å². The van der Waals surface area contributed by atoms with Gasteiger partial charge in [0, 0.05) is 40.9 Å². The van der Waals surface area contributed by atoms with Crippen LogP contribution in [0, 0.1) is 5.82 Å². The Kier molecular flexibility index (Phi) is 3.85. The van der Waals surface area contributed by atoms with Crippen molar-refractivity contribution in [1.29, 1.82) is 0 Å². The van der Waals surface area contributed by atoms with E-state index in [1.807, 2.05) is 41.2 Å². The summed E-state index contributed by atoms with van der Waals surface area (Å²) < 4.78 is 15.2. The van der Waals surface area contributed by atoms with E-state index in [1.165, 1.54) is 24.4 Å². The van der Waals surface area contributed by atoms with Crippen molar-refractivity contribution < 1.29 is 14.0 Å². The quantitative estimate of drug-likeness (QED) is 0.434. The third-order valence-electron chi connectivity index (χ3n) is 4.12. The number of nitrogens with zero attached hydrogens (tertiary/aromatic N) is 1. The highest BCUT2D eigenvalue weighted by atomic mass is 19.1. The molecule has 2 aromatic carbocycles. The molecule has 2 aromatic heterocycles. The summed E-state index contributed by atoms with van der Waals surface area (Å²) in [4.78, 5) is 27.5. The molecule has 5 nitrogen and oxygen atoms in total. The van der Waals surface area contributed by atoms with Gasteiger partial charge >= 0.3 is 0 Å². The number of rotatable bonds is 4. The lowest BCUT2D eigenvalue weighted by molar-refractivity contribution is -0.112. The Morgan fingerprint density at radius 2 is 1.73 bits per heavy atom. The second-order valence-electron chi connectivity index (χ2n) is 5.81. The van der Waals surface area contributed by atoms with E-state index >= 15 is 0 Å². The molecule has 0 bridgehead atoms. The Balaban J connectivity index is 1.53. The van der Waals surface area contributed by atoms with Crippen LogP contribution in [0.5, 0.6) is 0 Å². The monoisotopic (exact) mass is 347 g/mol. The summed E-state index contributed by atoms with van der Waals surface area (Å²) in [6, 6.07) is 15.0. The highest BCUT2D eigenvalue weighted by molar-refractivity contribution is 6.48. The van der Waals surface area contributed by atoms with E-state index in [2.05, 4.69) is 10.3 Å². The predicted octanol–water partition coefficient (Wildman–Crippen LogP) is 3.92. The van der Waals surface area contributed by atoms with Gasteiger partial charge in [0.15, 0.2) is 0 Å². The maximum Gasteiger partial charge on any atom is 0.296 e. The fourth-order valence-corrected chi connectivity index (χ4v) is 2.82. The number of amides is 1. The highest BCUT2D eigenvalue weighted by Gasteiger charge is 2.20. The molecule has 0 atom stereocenters. The number of aromatic amines is 1. The molecule has 4 aromatic rings. The number of H-pyrrole nitrogens is 1. The number of hydrogen-bond acceptors (Lipinski definition) is 2. The van der Waals surface area contributed by atoms with E-state index in [0.717, 1.165) is 5.69 Å². The first kappa shape index (κ1) is 15.8. The van der Waals surface area contributed by atoms with Crippen molar-refractivity contribution in [1.82, 2.24) is 9.55 Å². The van der Waals surface area contributed by atoms with Crippen molar-refractivity contribution in [2.45, 2.75) is 0 Å². The maximum absolute atomic E-state index is 13.2. The minimum Gasteiger partial charge on any atom is -0.360 e. The summed E-state index contributed by atoms with van der Waals surface area (Å²) in [6.45, 7) is 0. The van der Waals surface area contributed by atoms with Gasteiger partial charge in [-0.25, -0.2) is 4.39 Å². The Bertz CT molecular complexity index is 1100. The molecule has 0 aliphatic rings. The zero-order valence-electron chi connectivity index (χ0n) is 13.6. The summed E-state index contributed by atoms with van der Waals surface area (Å²) in [7, 11) is 0. The van der Waals surface area contributed by atoms with Gasteiger partial charge in [0.25, 0.3) is 11.7 Å². The molecule has 2 heterocycles. The third-order valence-corrected chi connectivity index (χ3v) is 4.12. The Morgan fingerprint density at radius 1 is 1.00 bits per heavy atom. The van der Waals surface area contributed by atoms with Gasteiger partial charge in [-0.1, -0.05) is 0 Å². The lowest BCUT2D eigenvalue weighted by Crippen LogP contribution is -2.22. The fourth-order valence-electron chi connectivity index (χ4n) is 2.82. The predicted molar refractivity (Wildman–Crippen MR) is 97.0 cm³/mol. The molecule has 0 saturated heterocycles. The van der Waals surface area contributed by atoms with Gasteiger partial charge in [0.05, 0.1) is 5.56 Å². The standard InChI is InChI=1S/C20H14FN3O2/c21-13-3-8-16-17(12-22-18(16)11-13)19(25)20(26)23-14-4-6-15(7-5-14)24-9-1-2-10-24/h1-12,22H,(H,23,26). The summed E-state index contributed by atoms with van der Waals surface area (Å²) in [6.07, 6.45) is 5.25. The van der Waals surface area contributed by atoms with Crippen LogP contribution in [0.3, 0.4) is 0 Å². The van der Waals surface area contributed by atoms with Gasteiger partial charge in [0.1, 0.15) is 5.82 Å². The number of halogens is 1. The number of fused-ring (bicyclic) bond motifs is 1. The molecule has 0 aliphatic heterocycles. The van der Waals surface area contributed by atoms with E-state index in [-0.39, 0.29) is 5.56 Å². The second-order valence-corrected chi connectivity index (χ2v) is 5.81. The van der Waals surface area contributed by atoms with E-state index < -0.39 is 17.5 Å². The van der Waals surface area contributed by atoms with Gasteiger partial charge in [-0.3, -0.25) is 9.59 Å². The zero-order chi connectivity index (χ0) is 18.1. The molecule has 1 amide bonds. The van der Waals surface area contributed by atoms with Crippen molar-refractivity contribution in [3.63, 3.8) is 0 Å². The first-order valence-electron chi connectivity index (χ1n) is 7.97. The van der Waals surface area contributed by atoms with E-state index in [0.29, 0.717) is 16.6 Å². The molecular formula is C20H14FN3O2. The SMILES string of the molecule is O=C(Nc1ccc(-n2cccc2)cc1)C(=O)c1c[nH]c2cc(F)ccc12. The minimum atomic E-state index is -0.746. The van der Waals surface area contributed by atoms with E-state index in [1.54, 1.807) is 12.1 Å². The smallest absolute Gasteiger partial charge is 0.296 e. The van der Waals surface area contributed by atoms with E-state index in [4.69, 9.17) is 0 Å².